The third kappa shape index (κ3) is 3.67. The normalized spacial score (nSPS) is 20.7. The molecule has 0 aromatic carbocycles. The van der Waals surface area contributed by atoms with Gasteiger partial charge < -0.3 is 5.32 Å². The first-order valence-corrected chi connectivity index (χ1v) is 10.1. The van der Waals surface area contributed by atoms with Crippen LogP contribution >= 0.6 is 11.3 Å². The molecular formula is C15H24N2O2S2. The highest BCUT2D eigenvalue weighted by atomic mass is 32.2. The van der Waals surface area contributed by atoms with Gasteiger partial charge in [-0.25, -0.2) is 13.1 Å². The smallest absolute Gasteiger partial charge is 0.241 e. The molecule has 0 atom stereocenters. The third-order valence-corrected chi connectivity index (χ3v) is 7.41. The highest BCUT2D eigenvalue weighted by Gasteiger charge is 2.41. The van der Waals surface area contributed by atoms with Crippen molar-refractivity contribution in [2.24, 2.45) is 5.41 Å². The number of hydrogen-bond donors (Lipinski definition) is 2. The van der Waals surface area contributed by atoms with E-state index in [0.29, 0.717) is 17.5 Å². The van der Waals surface area contributed by atoms with Gasteiger partial charge in [0.05, 0.1) is 4.90 Å². The Bertz CT molecular complexity index is 614. The van der Waals surface area contributed by atoms with Gasteiger partial charge in [0.25, 0.3) is 0 Å². The van der Waals surface area contributed by atoms with Crippen LogP contribution in [0.4, 0.5) is 0 Å². The zero-order valence-electron chi connectivity index (χ0n) is 12.7. The van der Waals surface area contributed by atoms with Crippen molar-refractivity contribution < 1.29 is 8.42 Å². The summed E-state index contributed by atoms with van der Waals surface area (Å²) in [6, 6.07) is 2.48. The lowest BCUT2D eigenvalue weighted by Crippen LogP contribution is -2.30. The molecule has 3 rings (SSSR count). The Morgan fingerprint density at radius 3 is 2.67 bits per heavy atom. The average molecular weight is 329 g/mol. The minimum absolute atomic E-state index is 0.230. The molecule has 1 heterocycles. The second-order valence-electron chi connectivity index (χ2n) is 6.47. The molecule has 2 aliphatic carbocycles. The number of sulfonamides is 1. The zero-order chi connectivity index (χ0) is 15.1. The second-order valence-corrected chi connectivity index (χ2v) is 9.54. The van der Waals surface area contributed by atoms with Gasteiger partial charge >= 0.3 is 0 Å². The number of nitrogens with one attached hydrogen (secondary N) is 2. The molecule has 118 valence electrons. The Balaban J connectivity index is 1.65. The number of rotatable bonds is 8. The van der Waals surface area contributed by atoms with Crippen LogP contribution in [0.2, 0.25) is 0 Å². The van der Waals surface area contributed by atoms with E-state index in [0.717, 1.165) is 35.6 Å². The van der Waals surface area contributed by atoms with Crippen molar-refractivity contribution in [2.45, 2.75) is 63.4 Å². The summed E-state index contributed by atoms with van der Waals surface area (Å²) in [5, 5.41) is 3.44. The van der Waals surface area contributed by atoms with Gasteiger partial charge in [0, 0.05) is 28.9 Å². The molecule has 2 N–H and O–H groups in total. The summed E-state index contributed by atoms with van der Waals surface area (Å²) in [6.07, 6.45) is 5.83. The molecule has 2 saturated carbocycles. The van der Waals surface area contributed by atoms with Gasteiger partial charge in [0.2, 0.25) is 10.0 Å². The molecule has 4 nitrogen and oxygen atoms in total. The molecule has 1 aromatic heterocycles. The fourth-order valence-electron chi connectivity index (χ4n) is 2.57. The first-order valence-electron chi connectivity index (χ1n) is 7.76. The van der Waals surface area contributed by atoms with E-state index >= 15 is 0 Å². The van der Waals surface area contributed by atoms with E-state index in [1.807, 2.05) is 13.0 Å². The van der Waals surface area contributed by atoms with E-state index in [1.165, 1.54) is 12.8 Å². The number of thiophene rings is 1. The van der Waals surface area contributed by atoms with Crippen molar-refractivity contribution in [2.75, 3.05) is 6.54 Å². The highest BCUT2D eigenvalue weighted by Crippen LogP contribution is 2.48. The van der Waals surface area contributed by atoms with Crippen LogP contribution in [0.15, 0.2) is 11.0 Å². The topological polar surface area (TPSA) is 58.2 Å². The SMILES string of the molecule is CCC1(CNS(=O)(=O)c2cc(CNC3CC3)sc2C)CC1. The summed E-state index contributed by atoms with van der Waals surface area (Å²) >= 11 is 1.58. The molecule has 21 heavy (non-hydrogen) atoms. The summed E-state index contributed by atoms with van der Waals surface area (Å²) in [5.41, 5.74) is 0.230. The summed E-state index contributed by atoms with van der Waals surface area (Å²) in [6.45, 7) is 5.40. The molecule has 0 spiro atoms. The van der Waals surface area contributed by atoms with E-state index in [4.69, 9.17) is 0 Å². The fraction of sp³-hybridized carbons (Fsp3) is 0.733. The molecule has 0 aliphatic heterocycles. The largest absolute Gasteiger partial charge is 0.309 e. The van der Waals surface area contributed by atoms with Crippen molar-refractivity contribution in [3.05, 3.63) is 15.8 Å². The average Bonchev–Trinajstić information content (AvgIpc) is 3.35. The summed E-state index contributed by atoms with van der Waals surface area (Å²) in [7, 11) is -3.36. The first kappa shape index (κ1) is 15.5. The van der Waals surface area contributed by atoms with Crippen LogP contribution in [0.1, 0.15) is 48.8 Å². The Kier molecular flexibility index (Phi) is 4.16. The Labute approximate surface area is 131 Å². The molecule has 0 saturated heterocycles. The minimum Gasteiger partial charge on any atom is -0.309 e. The lowest BCUT2D eigenvalue weighted by atomic mass is 10.1. The maximum atomic E-state index is 12.5. The van der Waals surface area contributed by atoms with Gasteiger partial charge in [-0.05, 0) is 50.5 Å². The van der Waals surface area contributed by atoms with Gasteiger partial charge in [0.1, 0.15) is 0 Å². The standard InChI is InChI=1S/C15H24N2O2S2/c1-3-15(6-7-15)10-17-21(18,19)14-8-13(20-11(14)2)9-16-12-4-5-12/h8,12,16-17H,3-7,9-10H2,1-2H3. The Hall–Kier alpha value is -0.430. The van der Waals surface area contributed by atoms with Crippen molar-refractivity contribution >= 4 is 21.4 Å². The van der Waals surface area contributed by atoms with E-state index < -0.39 is 10.0 Å². The van der Waals surface area contributed by atoms with Crippen molar-refractivity contribution in [3.63, 3.8) is 0 Å². The first-order chi connectivity index (χ1) is 9.94. The van der Waals surface area contributed by atoms with Gasteiger partial charge in [0.15, 0.2) is 0 Å². The maximum Gasteiger partial charge on any atom is 0.241 e. The van der Waals surface area contributed by atoms with Crippen molar-refractivity contribution in [1.82, 2.24) is 10.0 Å². The van der Waals surface area contributed by atoms with Crippen LogP contribution in [0.3, 0.4) is 0 Å². The quantitative estimate of drug-likeness (QED) is 0.771. The molecule has 2 fully saturated rings. The second kappa shape index (κ2) is 5.65. The van der Waals surface area contributed by atoms with Crippen LogP contribution in [0, 0.1) is 12.3 Å². The Morgan fingerprint density at radius 2 is 2.10 bits per heavy atom. The van der Waals surface area contributed by atoms with E-state index in [2.05, 4.69) is 17.0 Å². The van der Waals surface area contributed by atoms with Crippen LogP contribution in [-0.4, -0.2) is 21.0 Å². The van der Waals surface area contributed by atoms with Crippen molar-refractivity contribution in [1.29, 1.82) is 0 Å². The van der Waals surface area contributed by atoms with Crippen LogP contribution in [0.5, 0.6) is 0 Å². The number of hydrogen-bond acceptors (Lipinski definition) is 4. The van der Waals surface area contributed by atoms with Gasteiger partial charge in [-0.2, -0.15) is 0 Å². The van der Waals surface area contributed by atoms with Gasteiger partial charge in [-0.1, -0.05) is 6.92 Å². The fourth-order valence-corrected chi connectivity index (χ4v) is 5.31. The van der Waals surface area contributed by atoms with Crippen LogP contribution in [0.25, 0.3) is 0 Å². The van der Waals surface area contributed by atoms with E-state index in [1.54, 1.807) is 11.3 Å². The molecule has 6 heteroatoms. The van der Waals surface area contributed by atoms with Gasteiger partial charge in [-0.15, -0.1) is 11.3 Å². The van der Waals surface area contributed by atoms with Crippen molar-refractivity contribution in [3.8, 4) is 0 Å². The Morgan fingerprint density at radius 1 is 1.38 bits per heavy atom. The molecule has 0 unspecified atom stereocenters. The van der Waals surface area contributed by atoms with E-state index in [9.17, 15) is 8.42 Å². The zero-order valence-corrected chi connectivity index (χ0v) is 14.4. The molecule has 1 aromatic rings. The maximum absolute atomic E-state index is 12.5. The minimum atomic E-state index is -3.36. The summed E-state index contributed by atoms with van der Waals surface area (Å²) in [4.78, 5) is 2.46. The summed E-state index contributed by atoms with van der Waals surface area (Å²) in [5.74, 6) is 0. The molecule has 0 bridgehead atoms. The van der Waals surface area contributed by atoms with Gasteiger partial charge in [-0.3, -0.25) is 0 Å². The highest BCUT2D eigenvalue weighted by molar-refractivity contribution is 7.89. The predicted octanol–water partition coefficient (Wildman–Crippen LogP) is 2.78. The third-order valence-electron chi connectivity index (χ3n) is 4.70. The molecule has 2 aliphatic rings. The predicted molar refractivity (Wildman–Crippen MR) is 86.1 cm³/mol. The van der Waals surface area contributed by atoms with E-state index in [-0.39, 0.29) is 5.41 Å². The van der Waals surface area contributed by atoms with Crippen LogP contribution in [-0.2, 0) is 16.6 Å². The molecule has 0 amide bonds. The molecular weight excluding hydrogens is 304 g/mol. The lowest BCUT2D eigenvalue weighted by molar-refractivity contribution is 0.475. The lowest BCUT2D eigenvalue weighted by Gasteiger charge is -2.13. The summed E-state index contributed by atoms with van der Waals surface area (Å²) < 4.78 is 27.8. The molecule has 0 radical (unpaired) electrons. The van der Waals surface area contributed by atoms with Crippen LogP contribution < -0.4 is 10.0 Å². The number of aryl methyl sites for hydroxylation is 1. The monoisotopic (exact) mass is 328 g/mol.